The number of halogens is 1. The fourth-order valence-electron chi connectivity index (χ4n) is 2.91. The Hall–Kier alpha value is -0.580. The average Bonchev–Trinajstić information content (AvgIpc) is 2.84. The van der Waals surface area contributed by atoms with E-state index in [4.69, 9.17) is 4.74 Å². The zero-order chi connectivity index (χ0) is 13.3. The van der Waals surface area contributed by atoms with Crippen LogP contribution in [0.2, 0.25) is 0 Å². The predicted molar refractivity (Wildman–Crippen MR) is 76.1 cm³/mol. The Balaban J connectivity index is 1.71. The molecule has 1 saturated heterocycles. The molecule has 19 heavy (non-hydrogen) atoms. The highest BCUT2D eigenvalue weighted by molar-refractivity contribution is 7.99. The first-order chi connectivity index (χ1) is 9.18. The molecule has 0 amide bonds. The van der Waals surface area contributed by atoms with E-state index in [9.17, 15) is 4.39 Å². The van der Waals surface area contributed by atoms with Crippen LogP contribution in [-0.2, 0) is 4.74 Å². The molecule has 0 spiro atoms. The molecule has 104 valence electrons. The van der Waals surface area contributed by atoms with Gasteiger partial charge in [0.25, 0.3) is 0 Å². The van der Waals surface area contributed by atoms with Gasteiger partial charge in [-0.3, -0.25) is 0 Å². The van der Waals surface area contributed by atoms with Gasteiger partial charge in [-0.15, -0.1) is 11.8 Å². The maximum Gasteiger partial charge on any atom is 0.137 e. The fraction of sp³-hybridized carbons (Fsp3) is 0.600. The molecule has 1 aromatic rings. The third-order valence-electron chi connectivity index (χ3n) is 4.05. The molecule has 2 aliphatic heterocycles. The molecule has 3 rings (SSSR count). The van der Waals surface area contributed by atoms with Crippen LogP contribution in [0.25, 0.3) is 0 Å². The van der Waals surface area contributed by atoms with Gasteiger partial charge < -0.3 is 10.1 Å². The third-order valence-corrected chi connectivity index (χ3v) is 5.21. The molecule has 2 atom stereocenters. The maximum absolute atomic E-state index is 13.8. The van der Waals surface area contributed by atoms with Crippen LogP contribution in [0.1, 0.15) is 37.8 Å². The highest BCUT2D eigenvalue weighted by Crippen LogP contribution is 2.38. The van der Waals surface area contributed by atoms with Crippen molar-refractivity contribution in [2.45, 2.75) is 42.7 Å². The zero-order valence-electron chi connectivity index (χ0n) is 11.2. The lowest BCUT2D eigenvalue weighted by Crippen LogP contribution is -2.39. The van der Waals surface area contributed by atoms with Gasteiger partial charge in [0.2, 0.25) is 0 Å². The summed E-state index contributed by atoms with van der Waals surface area (Å²) in [5.74, 6) is 0.890. The van der Waals surface area contributed by atoms with Crippen LogP contribution in [0.15, 0.2) is 23.1 Å². The van der Waals surface area contributed by atoms with E-state index in [1.807, 2.05) is 12.1 Å². The lowest BCUT2D eigenvalue weighted by atomic mass is 9.99. The predicted octanol–water partition coefficient (Wildman–Crippen LogP) is 3.52. The number of nitrogens with one attached hydrogen (secondary N) is 1. The van der Waals surface area contributed by atoms with Gasteiger partial charge >= 0.3 is 0 Å². The molecule has 0 saturated carbocycles. The molecule has 2 unspecified atom stereocenters. The minimum atomic E-state index is -0.0858. The number of fused-ring (bicyclic) bond motifs is 1. The quantitative estimate of drug-likeness (QED) is 0.916. The highest BCUT2D eigenvalue weighted by Gasteiger charge is 2.31. The Bertz CT molecular complexity index is 459. The van der Waals surface area contributed by atoms with Crippen molar-refractivity contribution in [2.24, 2.45) is 0 Å². The molecule has 1 N–H and O–H groups in total. The largest absolute Gasteiger partial charge is 0.374 e. The van der Waals surface area contributed by atoms with E-state index in [1.54, 1.807) is 17.8 Å². The first-order valence-electron chi connectivity index (χ1n) is 6.96. The summed E-state index contributed by atoms with van der Waals surface area (Å²) in [5, 5.41) is 3.58. The average molecular weight is 281 g/mol. The van der Waals surface area contributed by atoms with E-state index in [-0.39, 0.29) is 17.5 Å². The van der Waals surface area contributed by atoms with Crippen LogP contribution in [0.5, 0.6) is 0 Å². The molecule has 2 heterocycles. The van der Waals surface area contributed by atoms with Crippen molar-refractivity contribution >= 4 is 11.8 Å². The molecule has 0 radical (unpaired) electrons. The SMILES string of the molecule is CC1(CNC2CCSc3c(F)cccc32)CCCO1. The van der Waals surface area contributed by atoms with Crippen molar-refractivity contribution < 1.29 is 9.13 Å². The van der Waals surface area contributed by atoms with Crippen molar-refractivity contribution in [3.05, 3.63) is 29.6 Å². The van der Waals surface area contributed by atoms with Crippen molar-refractivity contribution in [3.8, 4) is 0 Å². The van der Waals surface area contributed by atoms with Crippen molar-refractivity contribution in [1.29, 1.82) is 0 Å². The van der Waals surface area contributed by atoms with Gasteiger partial charge in [0, 0.05) is 24.1 Å². The van der Waals surface area contributed by atoms with Crippen LogP contribution >= 0.6 is 11.8 Å². The summed E-state index contributed by atoms with van der Waals surface area (Å²) in [4.78, 5) is 0.823. The highest BCUT2D eigenvalue weighted by atomic mass is 32.2. The first-order valence-corrected chi connectivity index (χ1v) is 7.95. The van der Waals surface area contributed by atoms with Gasteiger partial charge in [0.05, 0.1) is 5.60 Å². The second-order valence-corrected chi connectivity index (χ2v) is 6.74. The van der Waals surface area contributed by atoms with E-state index in [0.717, 1.165) is 48.6 Å². The second kappa shape index (κ2) is 5.43. The van der Waals surface area contributed by atoms with E-state index >= 15 is 0 Å². The zero-order valence-corrected chi connectivity index (χ0v) is 12.1. The lowest BCUT2D eigenvalue weighted by Gasteiger charge is -2.30. The third kappa shape index (κ3) is 2.81. The lowest BCUT2D eigenvalue weighted by molar-refractivity contribution is 0.0185. The van der Waals surface area contributed by atoms with E-state index < -0.39 is 0 Å². The summed E-state index contributed by atoms with van der Waals surface area (Å²) < 4.78 is 19.6. The Morgan fingerprint density at radius 1 is 1.53 bits per heavy atom. The van der Waals surface area contributed by atoms with Crippen LogP contribution in [-0.4, -0.2) is 24.5 Å². The summed E-state index contributed by atoms with van der Waals surface area (Å²) in [7, 11) is 0. The van der Waals surface area contributed by atoms with Crippen molar-refractivity contribution in [3.63, 3.8) is 0 Å². The maximum atomic E-state index is 13.8. The normalized spacial score (nSPS) is 30.3. The number of rotatable bonds is 3. The monoisotopic (exact) mass is 281 g/mol. The number of benzene rings is 1. The van der Waals surface area contributed by atoms with Crippen LogP contribution in [0, 0.1) is 5.82 Å². The van der Waals surface area contributed by atoms with Gasteiger partial charge in [0.15, 0.2) is 0 Å². The fourth-order valence-corrected chi connectivity index (χ4v) is 4.05. The topological polar surface area (TPSA) is 21.3 Å². The van der Waals surface area contributed by atoms with Crippen molar-refractivity contribution in [1.82, 2.24) is 5.32 Å². The molecule has 4 heteroatoms. The van der Waals surface area contributed by atoms with Gasteiger partial charge in [-0.05, 0) is 43.6 Å². The van der Waals surface area contributed by atoms with Gasteiger partial charge in [0.1, 0.15) is 5.82 Å². The summed E-state index contributed by atoms with van der Waals surface area (Å²) >= 11 is 1.63. The summed E-state index contributed by atoms with van der Waals surface area (Å²) in [5.41, 5.74) is 1.07. The Kier molecular flexibility index (Phi) is 3.83. The number of hydrogen-bond donors (Lipinski definition) is 1. The smallest absolute Gasteiger partial charge is 0.137 e. The number of ether oxygens (including phenoxy) is 1. The molecule has 0 aromatic heterocycles. The molecule has 2 aliphatic rings. The summed E-state index contributed by atoms with van der Waals surface area (Å²) in [6, 6.07) is 5.66. The first kappa shape index (κ1) is 13.4. The molecule has 0 bridgehead atoms. The standard InChI is InChI=1S/C15H20FNOS/c1-15(7-3-8-18-15)10-17-13-6-9-19-14-11(13)4-2-5-12(14)16/h2,4-5,13,17H,3,6-10H2,1H3. The van der Waals surface area contributed by atoms with Gasteiger partial charge in [-0.2, -0.15) is 0 Å². The molecular formula is C15H20FNOS. The van der Waals surface area contributed by atoms with E-state index in [0.29, 0.717) is 0 Å². The van der Waals surface area contributed by atoms with Crippen LogP contribution in [0.4, 0.5) is 4.39 Å². The Morgan fingerprint density at radius 3 is 3.21 bits per heavy atom. The minimum Gasteiger partial charge on any atom is -0.374 e. The minimum absolute atomic E-state index is 0.0436. The van der Waals surface area contributed by atoms with E-state index in [1.165, 1.54) is 0 Å². The van der Waals surface area contributed by atoms with Crippen molar-refractivity contribution in [2.75, 3.05) is 18.9 Å². The Morgan fingerprint density at radius 2 is 2.42 bits per heavy atom. The Labute approximate surface area is 118 Å². The van der Waals surface area contributed by atoms with Gasteiger partial charge in [-0.25, -0.2) is 4.39 Å². The van der Waals surface area contributed by atoms with Crippen LogP contribution in [0.3, 0.4) is 0 Å². The van der Waals surface area contributed by atoms with Crippen LogP contribution < -0.4 is 5.32 Å². The molecule has 1 fully saturated rings. The molecule has 1 aromatic carbocycles. The number of thioether (sulfide) groups is 1. The van der Waals surface area contributed by atoms with E-state index in [2.05, 4.69) is 12.2 Å². The number of hydrogen-bond acceptors (Lipinski definition) is 3. The molecular weight excluding hydrogens is 261 g/mol. The summed E-state index contributed by atoms with van der Waals surface area (Å²) in [6.45, 7) is 3.87. The second-order valence-electron chi connectivity index (χ2n) is 5.63. The molecule has 0 aliphatic carbocycles. The summed E-state index contributed by atoms with van der Waals surface area (Å²) in [6.07, 6.45) is 3.30. The molecule has 2 nitrogen and oxygen atoms in total. The van der Waals surface area contributed by atoms with Gasteiger partial charge in [-0.1, -0.05) is 12.1 Å².